The van der Waals surface area contributed by atoms with Gasteiger partial charge in [0.05, 0.1) is 22.8 Å². The van der Waals surface area contributed by atoms with E-state index in [1.54, 1.807) is 0 Å². The molecule has 0 N–H and O–H groups in total. The predicted molar refractivity (Wildman–Crippen MR) is 119 cm³/mol. The van der Waals surface area contributed by atoms with E-state index in [1.165, 1.54) is 22.3 Å². The van der Waals surface area contributed by atoms with Crippen molar-refractivity contribution in [2.24, 2.45) is 0 Å². The minimum atomic E-state index is 0.0349. The van der Waals surface area contributed by atoms with Crippen molar-refractivity contribution in [3.05, 3.63) is 95.6 Å². The summed E-state index contributed by atoms with van der Waals surface area (Å²) in [4.78, 5) is 17.7. The van der Waals surface area contributed by atoms with Crippen LogP contribution in [0.2, 0.25) is 0 Å². The third-order valence-electron chi connectivity index (χ3n) is 6.37. The molecule has 148 valence electrons. The molecule has 30 heavy (non-hydrogen) atoms. The van der Waals surface area contributed by atoms with Gasteiger partial charge in [-0.05, 0) is 46.5 Å². The number of fused-ring (bicyclic) bond motifs is 6. The molecule has 6 rings (SSSR count). The predicted octanol–water partition coefficient (Wildman–Crippen LogP) is 5.57. The number of nitrogens with zero attached hydrogens (tertiary/aromatic N) is 4. The molecular formula is C26H24N4. The van der Waals surface area contributed by atoms with Gasteiger partial charge in [-0.2, -0.15) is 0 Å². The average molecular weight is 393 g/mol. The summed E-state index contributed by atoms with van der Waals surface area (Å²) in [6.45, 7) is 8.89. The Morgan fingerprint density at radius 2 is 0.667 bits per heavy atom. The van der Waals surface area contributed by atoms with Gasteiger partial charge in [0.2, 0.25) is 0 Å². The molecule has 4 nitrogen and oxygen atoms in total. The van der Waals surface area contributed by atoms with E-state index in [0.717, 1.165) is 22.8 Å². The molecular weight excluding hydrogens is 368 g/mol. The van der Waals surface area contributed by atoms with Crippen molar-refractivity contribution in [2.45, 2.75) is 38.5 Å². The van der Waals surface area contributed by atoms with Crippen molar-refractivity contribution in [3.63, 3.8) is 0 Å². The van der Waals surface area contributed by atoms with Gasteiger partial charge >= 0.3 is 0 Å². The largest absolute Gasteiger partial charge is 0.254 e. The summed E-state index contributed by atoms with van der Waals surface area (Å²) in [5, 5.41) is 0. The molecule has 0 saturated carbocycles. The molecule has 4 heterocycles. The average Bonchev–Trinajstić information content (AvgIpc) is 3.16. The fourth-order valence-corrected chi connectivity index (χ4v) is 4.68. The van der Waals surface area contributed by atoms with Crippen LogP contribution in [-0.2, 0) is 10.8 Å². The molecule has 4 aromatic rings. The summed E-state index contributed by atoms with van der Waals surface area (Å²) in [6.07, 6.45) is 7.33. The SMILES string of the molecule is CC1(C)c2cccnc2-c2ncccc21.CC1(C)c2cccnc2-c2ncccc21. The molecule has 2 aliphatic carbocycles. The second kappa shape index (κ2) is 6.56. The molecule has 2 aliphatic rings. The Kier molecular flexibility index (Phi) is 4.07. The van der Waals surface area contributed by atoms with Crippen LogP contribution in [-0.4, -0.2) is 19.9 Å². The van der Waals surface area contributed by atoms with E-state index in [2.05, 4.69) is 71.9 Å². The molecule has 0 atom stereocenters. The Hall–Kier alpha value is -3.40. The molecule has 0 spiro atoms. The first kappa shape index (κ1) is 18.6. The summed E-state index contributed by atoms with van der Waals surface area (Å²) in [5.74, 6) is 0. The first-order chi connectivity index (χ1) is 14.4. The van der Waals surface area contributed by atoms with Gasteiger partial charge < -0.3 is 0 Å². The van der Waals surface area contributed by atoms with Crippen molar-refractivity contribution in [1.82, 2.24) is 19.9 Å². The van der Waals surface area contributed by atoms with Crippen LogP contribution >= 0.6 is 0 Å². The second-order valence-corrected chi connectivity index (χ2v) is 8.85. The van der Waals surface area contributed by atoms with E-state index in [4.69, 9.17) is 0 Å². The van der Waals surface area contributed by atoms with E-state index in [0.29, 0.717) is 0 Å². The van der Waals surface area contributed by atoms with E-state index >= 15 is 0 Å². The fraction of sp³-hybridized carbons (Fsp3) is 0.231. The van der Waals surface area contributed by atoms with Crippen molar-refractivity contribution >= 4 is 0 Å². The van der Waals surface area contributed by atoms with Gasteiger partial charge in [0.1, 0.15) is 0 Å². The van der Waals surface area contributed by atoms with Gasteiger partial charge in [-0.1, -0.05) is 52.0 Å². The fourth-order valence-electron chi connectivity index (χ4n) is 4.68. The quantitative estimate of drug-likeness (QED) is 0.393. The van der Waals surface area contributed by atoms with Crippen LogP contribution in [0.4, 0.5) is 0 Å². The summed E-state index contributed by atoms with van der Waals surface area (Å²) < 4.78 is 0. The lowest BCUT2D eigenvalue weighted by atomic mass is 9.83. The highest BCUT2D eigenvalue weighted by atomic mass is 14.8. The molecule has 0 amide bonds. The highest BCUT2D eigenvalue weighted by Crippen LogP contribution is 2.46. The van der Waals surface area contributed by atoms with Crippen LogP contribution in [0.3, 0.4) is 0 Å². The van der Waals surface area contributed by atoms with Crippen molar-refractivity contribution in [3.8, 4) is 22.8 Å². The first-order valence-corrected chi connectivity index (χ1v) is 10.2. The number of pyridine rings is 4. The lowest BCUT2D eigenvalue weighted by Gasteiger charge is -2.19. The molecule has 0 aliphatic heterocycles. The maximum Gasteiger partial charge on any atom is 0.0930 e. The summed E-state index contributed by atoms with van der Waals surface area (Å²) in [6, 6.07) is 16.5. The monoisotopic (exact) mass is 392 g/mol. The van der Waals surface area contributed by atoms with E-state index < -0.39 is 0 Å². The van der Waals surface area contributed by atoms with Gasteiger partial charge in [-0.25, -0.2) is 0 Å². The minimum absolute atomic E-state index is 0.0349. The maximum absolute atomic E-state index is 4.43. The third-order valence-corrected chi connectivity index (χ3v) is 6.37. The zero-order valence-electron chi connectivity index (χ0n) is 17.7. The zero-order valence-corrected chi connectivity index (χ0v) is 17.7. The van der Waals surface area contributed by atoms with Gasteiger partial charge in [0.25, 0.3) is 0 Å². The molecule has 0 radical (unpaired) electrons. The van der Waals surface area contributed by atoms with Crippen molar-refractivity contribution < 1.29 is 0 Å². The molecule has 4 aromatic heterocycles. The first-order valence-electron chi connectivity index (χ1n) is 10.2. The Bertz CT molecular complexity index is 1060. The molecule has 0 aromatic carbocycles. The maximum atomic E-state index is 4.43. The molecule has 0 bridgehead atoms. The van der Waals surface area contributed by atoms with Gasteiger partial charge in [-0.15, -0.1) is 0 Å². The number of hydrogen-bond donors (Lipinski definition) is 0. The van der Waals surface area contributed by atoms with E-state index in [-0.39, 0.29) is 10.8 Å². The topological polar surface area (TPSA) is 51.6 Å². The number of rotatable bonds is 0. The number of aromatic nitrogens is 4. The smallest absolute Gasteiger partial charge is 0.0930 e. The standard InChI is InChI=1S/2C13H12N2/c2*1-13(2)9-5-3-7-14-11(9)12-10(13)6-4-8-15-12/h2*3-8H,1-2H3. The van der Waals surface area contributed by atoms with Crippen LogP contribution in [0, 0.1) is 0 Å². The Morgan fingerprint density at radius 1 is 0.433 bits per heavy atom. The van der Waals surface area contributed by atoms with Crippen molar-refractivity contribution in [1.29, 1.82) is 0 Å². The van der Waals surface area contributed by atoms with Gasteiger partial charge in [0, 0.05) is 35.6 Å². The van der Waals surface area contributed by atoms with E-state index in [1.807, 2.05) is 49.1 Å². The van der Waals surface area contributed by atoms with Crippen LogP contribution in [0.1, 0.15) is 49.9 Å². The Morgan fingerprint density at radius 3 is 0.900 bits per heavy atom. The minimum Gasteiger partial charge on any atom is -0.254 e. The lowest BCUT2D eigenvalue weighted by Crippen LogP contribution is -2.14. The summed E-state index contributed by atoms with van der Waals surface area (Å²) in [7, 11) is 0. The lowest BCUT2D eigenvalue weighted by molar-refractivity contribution is 0.657. The van der Waals surface area contributed by atoms with Crippen LogP contribution in [0.15, 0.2) is 73.3 Å². The van der Waals surface area contributed by atoms with Crippen LogP contribution in [0.5, 0.6) is 0 Å². The zero-order chi connectivity index (χ0) is 20.9. The Balaban J connectivity index is 0.000000128. The molecule has 0 fully saturated rings. The second-order valence-electron chi connectivity index (χ2n) is 8.85. The highest BCUT2D eigenvalue weighted by molar-refractivity contribution is 5.75. The van der Waals surface area contributed by atoms with Crippen molar-refractivity contribution in [2.75, 3.05) is 0 Å². The number of hydrogen-bond acceptors (Lipinski definition) is 4. The molecule has 0 saturated heterocycles. The van der Waals surface area contributed by atoms with Crippen LogP contribution < -0.4 is 0 Å². The molecule has 4 heteroatoms. The van der Waals surface area contributed by atoms with E-state index in [9.17, 15) is 0 Å². The summed E-state index contributed by atoms with van der Waals surface area (Å²) in [5.41, 5.74) is 9.34. The van der Waals surface area contributed by atoms with Crippen LogP contribution in [0.25, 0.3) is 22.8 Å². The molecule has 0 unspecified atom stereocenters. The van der Waals surface area contributed by atoms with Gasteiger partial charge in [-0.3, -0.25) is 19.9 Å². The third kappa shape index (κ3) is 2.60. The Labute approximate surface area is 177 Å². The van der Waals surface area contributed by atoms with Gasteiger partial charge in [0.15, 0.2) is 0 Å². The summed E-state index contributed by atoms with van der Waals surface area (Å²) >= 11 is 0. The normalized spacial score (nSPS) is 15.9. The highest BCUT2D eigenvalue weighted by Gasteiger charge is 2.37.